The van der Waals surface area contributed by atoms with E-state index in [-0.39, 0.29) is 24.5 Å². The Balaban J connectivity index is 0.00000324. The number of esters is 1. The Morgan fingerprint density at radius 2 is 1.74 bits per heavy atom. The van der Waals surface area contributed by atoms with Crippen molar-refractivity contribution in [3.05, 3.63) is 0 Å². The molecule has 3 heteroatoms. The van der Waals surface area contributed by atoms with Gasteiger partial charge in [0.15, 0.2) is 0 Å². The number of hydrogen-bond donors (Lipinski definition) is 1. The first-order valence-corrected chi connectivity index (χ1v) is 7.19. The van der Waals surface area contributed by atoms with Crippen LogP contribution in [-0.4, -0.2) is 23.7 Å². The van der Waals surface area contributed by atoms with Crippen LogP contribution in [0.3, 0.4) is 0 Å². The van der Waals surface area contributed by atoms with E-state index in [0.717, 1.165) is 12.8 Å². The molecule has 1 N–H and O–H groups in total. The van der Waals surface area contributed by atoms with Crippen LogP contribution in [-0.2, 0) is 9.53 Å². The molecule has 0 radical (unpaired) electrons. The molecule has 0 unspecified atom stereocenters. The molecule has 0 spiro atoms. The summed E-state index contributed by atoms with van der Waals surface area (Å²) in [6.07, 6.45) is 5.04. The van der Waals surface area contributed by atoms with Crippen molar-refractivity contribution in [1.82, 2.24) is 5.32 Å². The van der Waals surface area contributed by atoms with Crippen molar-refractivity contribution in [2.24, 2.45) is 5.92 Å². The third-order valence-electron chi connectivity index (χ3n) is 3.57. The molecule has 1 heterocycles. The monoisotopic (exact) mass is 271 g/mol. The molecule has 0 aromatic carbocycles. The number of rotatable bonds is 5. The molecule has 1 rings (SSSR count). The predicted octanol–water partition coefficient (Wildman–Crippen LogP) is 3.91. The summed E-state index contributed by atoms with van der Waals surface area (Å²) >= 11 is 0. The van der Waals surface area contributed by atoms with Gasteiger partial charge in [0.05, 0.1) is 6.61 Å². The fraction of sp³-hybridized carbons (Fsp3) is 0.938. The van der Waals surface area contributed by atoms with Crippen LogP contribution in [0.25, 0.3) is 0 Å². The normalized spacial score (nSPS) is 21.5. The van der Waals surface area contributed by atoms with Gasteiger partial charge in [0.25, 0.3) is 0 Å². The van der Waals surface area contributed by atoms with E-state index >= 15 is 0 Å². The van der Waals surface area contributed by atoms with E-state index < -0.39 is 0 Å². The fourth-order valence-corrected chi connectivity index (χ4v) is 3.51. The maximum Gasteiger partial charge on any atom is 0.305 e. The van der Waals surface area contributed by atoms with Crippen LogP contribution in [0.1, 0.15) is 74.1 Å². The zero-order valence-electron chi connectivity index (χ0n) is 12.6. The van der Waals surface area contributed by atoms with Crippen molar-refractivity contribution in [2.75, 3.05) is 6.61 Å². The Labute approximate surface area is 119 Å². The van der Waals surface area contributed by atoms with Crippen molar-refractivity contribution in [3.63, 3.8) is 0 Å². The number of carbonyl (C=O) groups excluding carboxylic acids is 1. The average Bonchev–Trinajstić information content (AvgIpc) is 2.12. The van der Waals surface area contributed by atoms with E-state index in [1.807, 2.05) is 6.92 Å². The topological polar surface area (TPSA) is 38.3 Å². The van der Waals surface area contributed by atoms with Gasteiger partial charge in [0.1, 0.15) is 0 Å². The minimum absolute atomic E-state index is 0. The van der Waals surface area contributed by atoms with E-state index in [1.54, 1.807) is 0 Å². The Hall–Kier alpha value is -0.570. The number of carbonyl (C=O) groups is 1. The lowest BCUT2D eigenvalue weighted by Crippen LogP contribution is -2.57. The van der Waals surface area contributed by atoms with Crippen molar-refractivity contribution in [3.8, 4) is 0 Å². The molecular weight excluding hydrogens is 238 g/mol. The van der Waals surface area contributed by atoms with Crippen LogP contribution in [0.5, 0.6) is 0 Å². The number of piperidine rings is 1. The van der Waals surface area contributed by atoms with Crippen LogP contribution in [0.4, 0.5) is 0 Å². The minimum Gasteiger partial charge on any atom is -0.466 e. The van der Waals surface area contributed by atoms with Crippen LogP contribution < -0.4 is 5.32 Å². The van der Waals surface area contributed by atoms with Gasteiger partial charge < -0.3 is 10.1 Å². The summed E-state index contributed by atoms with van der Waals surface area (Å²) < 4.78 is 4.96. The van der Waals surface area contributed by atoms with E-state index in [2.05, 4.69) is 33.0 Å². The molecule has 0 aromatic rings. The highest BCUT2D eigenvalue weighted by Crippen LogP contribution is 2.35. The summed E-state index contributed by atoms with van der Waals surface area (Å²) in [5.41, 5.74) is 0.409. The smallest absolute Gasteiger partial charge is 0.305 e. The molecule has 0 aromatic heterocycles. The molecule has 0 bridgehead atoms. The predicted molar refractivity (Wildman–Crippen MR) is 81.2 cm³/mol. The van der Waals surface area contributed by atoms with Crippen LogP contribution in [0.2, 0.25) is 0 Å². The summed E-state index contributed by atoms with van der Waals surface area (Å²) in [4.78, 5) is 11.3. The zero-order chi connectivity index (χ0) is 13.8. The Morgan fingerprint density at radius 3 is 2.21 bits per heavy atom. The SMILES string of the molecule is C.CCOC(=O)CCCC1CC(C)(C)NC(C)(C)C1. The number of ether oxygens (including phenoxy) is 1. The summed E-state index contributed by atoms with van der Waals surface area (Å²) in [5.74, 6) is 0.663. The third kappa shape index (κ3) is 6.95. The molecule has 19 heavy (non-hydrogen) atoms. The Bertz CT molecular complexity index is 268. The third-order valence-corrected chi connectivity index (χ3v) is 3.57. The van der Waals surface area contributed by atoms with E-state index in [1.165, 1.54) is 12.8 Å². The standard InChI is InChI=1S/C15H29NO2.CH4/c1-6-18-13(17)9-7-8-12-10-14(2,3)16-15(4,5)11-12;/h12,16H,6-11H2,1-5H3;1H4. The van der Waals surface area contributed by atoms with Crippen molar-refractivity contribution in [1.29, 1.82) is 0 Å². The van der Waals surface area contributed by atoms with Gasteiger partial charge >= 0.3 is 5.97 Å². The second-order valence-corrected chi connectivity index (χ2v) is 6.86. The zero-order valence-corrected chi connectivity index (χ0v) is 12.6. The molecule has 0 amide bonds. The molecule has 3 nitrogen and oxygen atoms in total. The molecule has 0 saturated carbocycles. The largest absolute Gasteiger partial charge is 0.466 e. The summed E-state index contributed by atoms with van der Waals surface area (Å²) in [5, 5.41) is 3.69. The molecule has 1 saturated heterocycles. The lowest BCUT2D eigenvalue weighted by molar-refractivity contribution is -0.143. The van der Waals surface area contributed by atoms with Gasteiger partial charge in [-0.1, -0.05) is 7.43 Å². The summed E-state index contributed by atoms with van der Waals surface area (Å²) in [7, 11) is 0. The van der Waals surface area contributed by atoms with E-state index in [4.69, 9.17) is 4.74 Å². The van der Waals surface area contributed by atoms with Gasteiger partial charge in [-0.25, -0.2) is 0 Å². The highest BCUT2D eigenvalue weighted by atomic mass is 16.5. The lowest BCUT2D eigenvalue weighted by atomic mass is 9.74. The van der Waals surface area contributed by atoms with Gasteiger partial charge in [-0.2, -0.15) is 0 Å². The maximum atomic E-state index is 11.3. The van der Waals surface area contributed by atoms with E-state index in [0.29, 0.717) is 18.9 Å². The molecule has 0 aliphatic carbocycles. The first kappa shape index (κ1) is 18.4. The summed E-state index contributed by atoms with van der Waals surface area (Å²) in [6.45, 7) is 11.4. The van der Waals surface area contributed by atoms with Gasteiger partial charge in [0.2, 0.25) is 0 Å². The first-order valence-electron chi connectivity index (χ1n) is 7.19. The maximum absolute atomic E-state index is 11.3. The van der Waals surface area contributed by atoms with Gasteiger partial charge in [0, 0.05) is 17.5 Å². The van der Waals surface area contributed by atoms with E-state index in [9.17, 15) is 4.79 Å². The summed E-state index contributed by atoms with van der Waals surface area (Å²) in [6, 6.07) is 0. The van der Waals surface area contributed by atoms with Crippen molar-refractivity contribution >= 4 is 5.97 Å². The fourth-order valence-electron chi connectivity index (χ4n) is 3.51. The van der Waals surface area contributed by atoms with Gasteiger partial charge in [-0.15, -0.1) is 0 Å². The number of nitrogens with one attached hydrogen (secondary N) is 1. The van der Waals surface area contributed by atoms with Crippen LogP contribution >= 0.6 is 0 Å². The molecule has 1 aliphatic rings. The van der Waals surface area contributed by atoms with Crippen LogP contribution in [0.15, 0.2) is 0 Å². The quantitative estimate of drug-likeness (QED) is 0.770. The second-order valence-electron chi connectivity index (χ2n) is 6.86. The molecule has 1 aliphatic heterocycles. The highest BCUT2D eigenvalue weighted by molar-refractivity contribution is 5.69. The molecular formula is C16H33NO2. The number of hydrogen-bond acceptors (Lipinski definition) is 3. The van der Waals surface area contributed by atoms with Gasteiger partial charge in [-0.05, 0) is 66.2 Å². The Kier molecular flexibility index (Phi) is 7.06. The molecule has 1 fully saturated rings. The van der Waals surface area contributed by atoms with Gasteiger partial charge in [-0.3, -0.25) is 4.79 Å². The second kappa shape index (κ2) is 7.28. The van der Waals surface area contributed by atoms with Crippen molar-refractivity contribution < 1.29 is 9.53 Å². The molecule has 114 valence electrons. The Morgan fingerprint density at radius 1 is 1.21 bits per heavy atom. The molecule has 0 atom stereocenters. The minimum atomic E-state index is -0.0510. The lowest BCUT2D eigenvalue weighted by Gasteiger charge is -2.46. The van der Waals surface area contributed by atoms with Crippen molar-refractivity contribution in [2.45, 2.75) is 85.2 Å². The first-order chi connectivity index (χ1) is 8.24. The van der Waals surface area contributed by atoms with Crippen LogP contribution in [0, 0.1) is 5.92 Å². The average molecular weight is 271 g/mol. The highest BCUT2D eigenvalue weighted by Gasteiger charge is 2.37.